The molecule has 5 rings (SSSR count). The molecule has 0 aliphatic carbocycles. The lowest BCUT2D eigenvalue weighted by atomic mass is 10.1. The Morgan fingerprint density at radius 2 is 1.93 bits per heavy atom. The largest absolute Gasteiger partial charge is 0.495 e. The molecule has 3 aliphatic heterocycles. The van der Waals surface area contributed by atoms with Gasteiger partial charge in [-0.15, -0.1) is 0 Å². The fraction of sp³-hybridized carbons (Fsp3) is 0.433. The van der Waals surface area contributed by atoms with Gasteiger partial charge in [0, 0.05) is 43.7 Å². The van der Waals surface area contributed by atoms with Crippen LogP contribution < -0.4 is 15.4 Å². The summed E-state index contributed by atoms with van der Waals surface area (Å²) in [5, 5.41) is 7.16. The highest BCUT2D eigenvalue weighted by atomic mass is 35.5. The minimum Gasteiger partial charge on any atom is -0.495 e. The smallest absolute Gasteiger partial charge is 0.254 e. The molecule has 0 spiro atoms. The molecule has 2 atom stereocenters. The molecular formula is C30H38ClN7O4S. The van der Waals surface area contributed by atoms with E-state index in [2.05, 4.69) is 15.6 Å². The molecule has 230 valence electrons. The highest BCUT2D eigenvalue weighted by Crippen LogP contribution is 2.36. The molecule has 43 heavy (non-hydrogen) atoms. The van der Waals surface area contributed by atoms with E-state index in [-0.39, 0.29) is 23.1 Å². The molecule has 11 nitrogen and oxygen atoms in total. The topological polar surface area (TPSA) is 110 Å². The number of likely N-dealkylation sites (N-methyl/N-ethyl adjacent to an activating group) is 2. The number of halogens is 1. The number of ether oxygens (including phenoxy) is 1. The Hall–Kier alpha value is -3.61. The average molecular weight is 628 g/mol. The quantitative estimate of drug-likeness (QED) is 0.436. The number of para-hydroxylation sites is 1. The SMILES string of the molecule is COc1cc2c(cc1NC1=NC=C(Cl)C(Nc3ccccc3S(=O)C(C)C)N1C)C(=O)N(C1CN(C(=O)CN(C)C)C1)C2. The third-order valence-corrected chi connectivity index (χ3v) is 9.68. The summed E-state index contributed by atoms with van der Waals surface area (Å²) in [5.74, 6) is 1.05. The zero-order chi connectivity index (χ0) is 31.0. The van der Waals surface area contributed by atoms with Gasteiger partial charge in [-0.3, -0.25) is 13.8 Å². The number of carbonyl (C=O) groups excluding carboxylic acids is 2. The molecule has 0 radical (unpaired) electrons. The van der Waals surface area contributed by atoms with Crippen LogP contribution in [0.1, 0.15) is 29.8 Å². The summed E-state index contributed by atoms with van der Waals surface area (Å²) in [6.45, 7) is 5.73. The number of hydrogen-bond donors (Lipinski definition) is 2. The van der Waals surface area contributed by atoms with Gasteiger partial charge in [0.1, 0.15) is 11.9 Å². The molecule has 3 heterocycles. The van der Waals surface area contributed by atoms with Crippen molar-refractivity contribution < 1.29 is 18.5 Å². The standard InChI is InChI=1S/C30H38ClN7O4S/c1-18(2)43(41)26-10-8-7-9-23(26)33-28-22(31)13-32-30(36(28)5)34-24-12-21-19(11-25(24)42-6)14-38(29(21)40)20-15-37(16-20)27(39)17-35(3)4/h7-13,18,20,28,33H,14-17H2,1-6H3,(H,32,34). The number of carbonyl (C=O) groups is 2. The Kier molecular flexibility index (Phi) is 9.00. The Balaban J connectivity index is 1.31. The summed E-state index contributed by atoms with van der Waals surface area (Å²) in [5.41, 5.74) is 2.78. The second kappa shape index (κ2) is 12.6. The minimum atomic E-state index is -1.19. The number of hydrogen-bond acceptors (Lipinski definition) is 9. The summed E-state index contributed by atoms with van der Waals surface area (Å²) >= 11 is 6.61. The molecule has 2 aromatic rings. The van der Waals surface area contributed by atoms with Crippen LogP contribution >= 0.6 is 11.6 Å². The number of amides is 2. The first-order chi connectivity index (χ1) is 20.5. The van der Waals surface area contributed by atoms with E-state index in [4.69, 9.17) is 16.3 Å². The molecule has 0 saturated carbocycles. The van der Waals surface area contributed by atoms with Crippen molar-refractivity contribution in [3.63, 3.8) is 0 Å². The molecule has 3 aliphatic rings. The van der Waals surface area contributed by atoms with Crippen LogP contribution in [0.25, 0.3) is 0 Å². The lowest BCUT2D eigenvalue weighted by molar-refractivity contribution is -0.138. The summed E-state index contributed by atoms with van der Waals surface area (Å²) < 4.78 is 18.6. The second-order valence-electron chi connectivity index (χ2n) is 11.4. The van der Waals surface area contributed by atoms with Crippen LogP contribution in [0, 0.1) is 0 Å². The third kappa shape index (κ3) is 6.22. The number of guanidine groups is 1. The van der Waals surface area contributed by atoms with Gasteiger partial charge in [-0.1, -0.05) is 37.6 Å². The summed E-state index contributed by atoms with van der Waals surface area (Å²) in [4.78, 5) is 38.4. The molecule has 0 bridgehead atoms. The molecule has 2 amide bonds. The third-order valence-electron chi connectivity index (χ3n) is 7.73. The summed E-state index contributed by atoms with van der Waals surface area (Å²) in [6, 6.07) is 11.1. The Morgan fingerprint density at radius 1 is 1.21 bits per heavy atom. The lowest BCUT2D eigenvalue weighted by Gasteiger charge is -2.44. The highest BCUT2D eigenvalue weighted by molar-refractivity contribution is 7.85. The van der Waals surface area contributed by atoms with Crippen molar-refractivity contribution in [2.45, 2.75) is 42.7 Å². The molecule has 1 saturated heterocycles. The van der Waals surface area contributed by atoms with E-state index in [1.165, 1.54) is 0 Å². The van der Waals surface area contributed by atoms with E-state index < -0.39 is 17.0 Å². The van der Waals surface area contributed by atoms with E-state index in [0.717, 1.165) is 11.3 Å². The molecule has 13 heteroatoms. The van der Waals surface area contributed by atoms with Crippen LogP contribution in [-0.4, -0.2) is 107 Å². The van der Waals surface area contributed by atoms with Crippen molar-refractivity contribution in [2.24, 2.45) is 4.99 Å². The fourth-order valence-electron chi connectivity index (χ4n) is 5.31. The van der Waals surface area contributed by atoms with Crippen LogP contribution in [0.3, 0.4) is 0 Å². The van der Waals surface area contributed by atoms with Gasteiger partial charge in [-0.2, -0.15) is 0 Å². The van der Waals surface area contributed by atoms with Crippen LogP contribution in [0.15, 0.2) is 57.5 Å². The average Bonchev–Trinajstić information content (AvgIpc) is 3.25. The van der Waals surface area contributed by atoms with Gasteiger partial charge < -0.3 is 35.0 Å². The van der Waals surface area contributed by atoms with E-state index in [1.54, 1.807) is 24.3 Å². The Bertz CT molecular complexity index is 1510. The maximum Gasteiger partial charge on any atom is 0.254 e. The maximum atomic E-state index is 13.5. The number of anilines is 2. The predicted octanol–water partition coefficient (Wildman–Crippen LogP) is 3.17. The zero-order valence-electron chi connectivity index (χ0n) is 25.3. The van der Waals surface area contributed by atoms with E-state index >= 15 is 0 Å². The summed E-state index contributed by atoms with van der Waals surface area (Å²) in [6.07, 6.45) is 1.08. The Morgan fingerprint density at radius 3 is 2.60 bits per heavy atom. The number of methoxy groups -OCH3 is 1. The number of likely N-dealkylation sites (tertiary alicyclic amines) is 1. The van der Waals surface area contributed by atoms with Gasteiger partial charge in [0.15, 0.2) is 0 Å². The van der Waals surface area contributed by atoms with Crippen molar-refractivity contribution in [3.8, 4) is 5.75 Å². The molecule has 0 aromatic heterocycles. The first-order valence-corrected chi connectivity index (χ1v) is 15.7. The van der Waals surface area contributed by atoms with Crippen molar-refractivity contribution in [3.05, 3.63) is 58.8 Å². The van der Waals surface area contributed by atoms with Crippen molar-refractivity contribution >= 4 is 51.5 Å². The lowest BCUT2D eigenvalue weighted by Crippen LogP contribution is -2.62. The van der Waals surface area contributed by atoms with E-state index in [9.17, 15) is 13.8 Å². The van der Waals surface area contributed by atoms with Gasteiger partial charge >= 0.3 is 0 Å². The predicted molar refractivity (Wildman–Crippen MR) is 170 cm³/mol. The van der Waals surface area contributed by atoms with E-state index in [0.29, 0.717) is 59.1 Å². The number of nitrogens with one attached hydrogen (secondary N) is 2. The van der Waals surface area contributed by atoms with Gasteiger partial charge in [0.25, 0.3) is 5.91 Å². The van der Waals surface area contributed by atoms with Crippen LogP contribution in [0.4, 0.5) is 11.4 Å². The van der Waals surface area contributed by atoms with Crippen LogP contribution in [-0.2, 0) is 22.1 Å². The molecular weight excluding hydrogens is 590 g/mol. The number of rotatable bonds is 9. The monoisotopic (exact) mass is 627 g/mol. The molecule has 1 fully saturated rings. The highest BCUT2D eigenvalue weighted by Gasteiger charge is 2.41. The van der Waals surface area contributed by atoms with Crippen LogP contribution in [0.2, 0.25) is 0 Å². The van der Waals surface area contributed by atoms with Gasteiger partial charge in [0.2, 0.25) is 11.9 Å². The van der Waals surface area contributed by atoms with Crippen molar-refractivity contribution in [2.75, 3.05) is 58.5 Å². The number of fused-ring (bicyclic) bond motifs is 1. The van der Waals surface area contributed by atoms with Gasteiger partial charge in [0.05, 0.1) is 51.8 Å². The normalized spacial score (nSPS) is 19.2. The number of benzene rings is 2. The second-order valence-corrected chi connectivity index (χ2v) is 13.8. The van der Waals surface area contributed by atoms with E-state index in [1.807, 2.05) is 80.0 Å². The minimum absolute atomic E-state index is 0.0192. The zero-order valence-corrected chi connectivity index (χ0v) is 26.8. The molecule has 2 unspecified atom stereocenters. The van der Waals surface area contributed by atoms with Gasteiger partial charge in [-0.25, -0.2) is 4.99 Å². The van der Waals surface area contributed by atoms with Crippen LogP contribution in [0.5, 0.6) is 5.75 Å². The first kappa shape index (κ1) is 30.8. The number of nitrogens with zero attached hydrogens (tertiary/aromatic N) is 5. The Labute approximate surface area is 259 Å². The fourth-order valence-corrected chi connectivity index (χ4v) is 6.62. The maximum absolute atomic E-state index is 13.5. The van der Waals surface area contributed by atoms with Crippen molar-refractivity contribution in [1.29, 1.82) is 0 Å². The van der Waals surface area contributed by atoms with Crippen molar-refractivity contribution in [1.82, 2.24) is 19.6 Å². The number of aliphatic imine (C=N–C) groups is 1. The molecule has 2 aromatic carbocycles. The van der Waals surface area contributed by atoms with Gasteiger partial charge in [-0.05, 0) is 43.9 Å². The first-order valence-electron chi connectivity index (χ1n) is 14.1. The molecule has 2 N–H and O–H groups in total. The summed E-state index contributed by atoms with van der Waals surface area (Å²) in [7, 11) is 5.96.